The minimum atomic E-state index is 0. The van der Waals surface area contributed by atoms with Gasteiger partial charge >= 0.3 is 0 Å². The maximum atomic E-state index is 13.1. The molecule has 2 aliphatic rings. The summed E-state index contributed by atoms with van der Waals surface area (Å²) in [6, 6.07) is 7.82. The quantitative estimate of drug-likeness (QED) is 0.771. The van der Waals surface area contributed by atoms with Gasteiger partial charge in [-0.05, 0) is 88.4 Å². The van der Waals surface area contributed by atoms with Gasteiger partial charge in [-0.15, -0.1) is 12.4 Å². The summed E-state index contributed by atoms with van der Waals surface area (Å²) in [6.07, 6.45) is 2.94. The van der Waals surface area contributed by atoms with Gasteiger partial charge in [0.2, 0.25) is 0 Å². The molecule has 2 N–H and O–H groups in total. The van der Waals surface area contributed by atoms with E-state index in [0.29, 0.717) is 11.7 Å². The Balaban J connectivity index is 0.00000256. The summed E-state index contributed by atoms with van der Waals surface area (Å²) in [5.41, 5.74) is 5.65. The van der Waals surface area contributed by atoms with Crippen LogP contribution in [0.25, 0.3) is 0 Å². The first-order valence-corrected chi connectivity index (χ1v) is 10.9. The molecule has 2 aromatic rings. The molecule has 6 heteroatoms. The third-order valence-electron chi connectivity index (χ3n) is 7.35. The third-order valence-corrected chi connectivity index (χ3v) is 7.35. The highest BCUT2D eigenvalue weighted by atomic mass is 35.5. The van der Waals surface area contributed by atoms with Crippen molar-refractivity contribution in [2.75, 3.05) is 33.2 Å². The fraction of sp³-hybridized carbons (Fsp3) is 0.542. The van der Waals surface area contributed by atoms with E-state index < -0.39 is 0 Å². The van der Waals surface area contributed by atoms with Crippen LogP contribution >= 0.6 is 12.4 Å². The average Bonchev–Trinajstić information content (AvgIpc) is 3.02. The molecular formula is C24H34ClN3O2. The number of carbonyl (C=O) groups excluding carboxylic acids is 1. The van der Waals surface area contributed by atoms with E-state index in [-0.39, 0.29) is 23.7 Å². The number of aromatic nitrogens is 1. The smallest absolute Gasteiger partial charge is 0.270 e. The second kappa shape index (κ2) is 8.64. The largest absolute Gasteiger partial charge is 0.508 e. The van der Waals surface area contributed by atoms with Gasteiger partial charge in [-0.2, -0.15) is 0 Å². The number of rotatable bonds is 4. The van der Waals surface area contributed by atoms with Gasteiger partial charge in [0, 0.05) is 30.7 Å². The Hall–Kier alpha value is -1.98. The van der Waals surface area contributed by atoms with Crippen molar-refractivity contribution in [3.8, 4) is 5.75 Å². The zero-order valence-corrected chi connectivity index (χ0v) is 19.3. The van der Waals surface area contributed by atoms with E-state index in [4.69, 9.17) is 0 Å². The highest BCUT2D eigenvalue weighted by Gasteiger charge is 2.48. The van der Waals surface area contributed by atoms with Crippen molar-refractivity contribution in [3.05, 3.63) is 52.3 Å². The molecule has 1 aromatic heterocycles. The molecule has 2 atom stereocenters. The molecule has 0 radical (unpaired) electrons. The number of phenolic OH excluding ortho intramolecular Hbond substituents is 1. The molecule has 0 spiro atoms. The van der Waals surface area contributed by atoms with Crippen LogP contribution in [0.15, 0.2) is 24.3 Å². The first-order valence-electron chi connectivity index (χ1n) is 10.9. The number of benzene rings is 1. The fourth-order valence-electron chi connectivity index (χ4n) is 5.60. The lowest BCUT2D eigenvalue weighted by Gasteiger charge is -2.50. The van der Waals surface area contributed by atoms with E-state index in [9.17, 15) is 9.90 Å². The number of likely N-dealkylation sites (tertiary alicyclic amines) is 1. The summed E-state index contributed by atoms with van der Waals surface area (Å²) in [7, 11) is 2.20. The number of hydrogen-bond acceptors (Lipinski definition) is 3. The van der Waals surface area contributed by atoms with E-state index in [1.807, 2.05) is 30.9 Å². The number of piperidine rings is 1. The lowest BCUT2D eigenvalue weighted by atomic mass is 9.58. The Morgan fingerprint density at radius 2 is 2.07 bits per heavy atom. The first kappa shape index (κ1) is 22.7. The Labute approximate surface area is 185 Å². The normalized spacial score (nSPS) is 23.3. The van der Waals surface area contributed by atoms with Crippen LogP contribution in [-0.2, 0) is 18.3 Å². The fourth-order valence-corrected chi connectivity index (χ4v) is 5.60. The van der Waals surface area contributed by atoms with E-state index >= 15 is 0 Å². The van der Waals surface area contributed by atoms with Crippen molar-refractivity contribution in [2.45, 2.75) is 45.4 Å². The first-order chi connectivity index (χ1) is 13.9. The number of aromatic hydroxyl groups is 1. The summed E-state index contributed by atoms with van der Waals surface area (Å²) in [4.78, 5) is 20.9. The van der Waals surface area contributed by atoms with Gasteiger partial charge in [-0.25, -0.2) is 0 Å². The van der Waals surface area contributed by atoms with Gasteiger partial charge in [0.1, 0.15) is 11.4 Å². The Bertz CT molecular complexity index is 921. The molecule has 0 bridgehead atoms. The molecule has 30 heavy (non-hydrogen) atoms. The highest BCUT2D eigenvalue weighted by molar-refractivity contribution is 5.94. The number of nitrogens with one attached hydrogen (secondary N) is 1. The van der Waals surface area contributed by atoms with Gasteiger partial charge in [0.05, 0.1) is 0 Å². The predicted molar refractivity (Wildman–Crippen MR) is 123 cm³/mol. The molecule has 1 aromatic carbocycles. The summed E-state index contributed by atoms with van der Waals surface area (Å²) in [5.74, 6) is 0.912. The average molecular weight is 432 g/mol. The zero-order chi connectivity index (χ0) is 20.8. The summed E-state index contributed by atoms with van der Waals surface area (Å²) >= 11 is 0. The molecule has 2 unspecified atom stereocenters. The molecular weight excluding hydrogens is 398 g/mol. The molecule has 1 amide bonds. The molecule has 1 aliphatic carbocycles. The van der Waals surface area contributed by atoms with Gasteiger partial charge in [0.15, 0.2) is 0 Å². The maximum Gasteiger partial charge on any atom is 0.270 e. The number of amides is 1. The van der Waals surface area contributed by atoms with Crippen molar-refractivity contribution in [2.24, 2.45) is 5.92 Å². The van der Waals surface area contributed by atoms with Crippen LogP contribution in [-0.4, -0.2) is 59.0 Å². The molecule has 2 heterocycles. The van der Waals surface area contributed by atoms with Crippen LogP contribution in [0.4, 0.5) is 0 Å². The van der Waals surface area contributed by atoms with Gasteiger partial charge in [0.25, 0.3) is 5.91 Å². The van der Waals surface area contributed by atoms with Gasteiger partial charge in [-0.3, -0.25) is 4.79 Å². The SMILES string of the molecule is CCN(CC)C(=O)c1[nH]c2c(c1C)CC1CN(C)CCC1(c1cccc(O)c1)C2.Cl. The topological polar surface area (TPSA) is 59.6 Å². The number of carbonyl (C=O) groups is 1. The lowest BCUT2D eigenvalue weighted by molar-refractivity contribution is 0.0766. The summed E-state index contributed by atoms with van der Waals surface area (Å²) < 4.78 is 0. The van der Waals surface area contributed by atoms with E-state index in [0.717, 1.165) is 56.7 Å². The van der Waals surface area contributed by atoms with Crippen LogP contribution in [0.3, 0.4) is 0 Å². The zero-order valence-electron chi connectivity index (χ0n) is 18.5. The number of phenols is 1. The minimum absolute atomic E-state index is 0. The third kappa shape index (κ3) is 3.63. The van der Waals surface area contributed by atoms with Gasteiger partial charge < -0.3 is 19.9 Å². The number of hydrogen-bond donors (Lipinski definition) is 2. The lowest BCUT2D eigenvalue weighted by Crippen LogP contribution is -2.52. The monoisotopic (exact) mass is 431 g/mol. The molecule has 0 saturated carbocycles. The number of H-pyrrole nitrogens is 1. The number of nitrogens with zero attached hydrogens (tertiary/aromatic N) is 2. The van der Waals surface area contributed by atoms with Crippen molar-refractivity contribution in [1.29, 1.82) is 0 Å². The van der Waals surface area contributed by atoms with E-state index in [2.05, 4.69) is 29.9 Å². The van der Waals surface area contributed by atoms with Gasteiger partial charge in [-0.1, -0.05) is 12.1 Å². The van der Waals surface area contributed by atoms with Crippen LogP contribution in [0.1, 0.15) is 53.1 Å². The molecule has 4 rings (SSSR count). The predicted octanol–water partition coefficient (Wildman–Crippen LogP) is 3.92. The van der Waals surface area contributed by atoms with Crippen molar-refractivity contribution >= 4 is 18.3 Å². The Kier molecular flexibility index (Phi) is 6.54. The molecule has 1 aliphatic heterocycles. The number of fused-ring (bicyclic) bond motifs is 2. The molecule has 164 valence electrons. The van der Waals surface area contributed by atoms with Crippen molar-refractivity contribution < 1.29 is 9.90 Å². The van der Waals surface area contributed by atoms with Crippen LogP contribution in [0.5, 0.6) is 5.75 Å². The number of halogens is 1. The molecule has 5 nitrogen and oxygen atoms in total. The summed E-state index contributed by atoms with van der Waals surface area (Å²) in [6.45, 7) is 9.69. The van der Waals surface area contributed by atoms with Crippen LogP contribution in [0.2, 0.25) is 0 Å². The van der Waals surface area contributed by atoms with E-state index in [1.54, 1.807) is 6.07 Å². The second-order valence-electron chi connectivity index (χ2n) is 8.86. The Morgan fingerprint density at radius 1 is 1.33 bits per heavy atom. The Morgan fingerprint density at radius 3 is 2.73 bits per heavy atom. The van der Waals surface area contributed by atoms with E-state index in [1.165, 1.54) is 16.8 Å². The molecule has 1 fully saturated rings. The van der Waals surface area contributed by atoms with Crippen LogP contribution < -0.4 is 0 Å². The molecule has 1 saturated heterocycles. The highest BCUT2D eigenvalue weighted by Crippen LogP contribution is 2.49. The number of aromatic amines is 1. The second-order valence-corrected chi connectivity index (χ2v) is 8.86. The minimum Gasteiger partial charge on any atom is -0.508 e. The summed E-state index contributed by atoms with van der Waals surface area (Å²) in [5, 5.41) is 10.1. The maximum absolute atomic E-state index is 13.1. The van der Waals surface area contributed by atoms with Crippen molar-refractivity contribution in [3.63, 3.8) is 0 Å². The van der Waals surface area contributed by atoms with Crippen LogP contribution in [0, 0.1) is 12.8 Å². The van der Waals surface area contributed by atoms with Crippen molar-refractivity contribution in [1.82, 2.24) is 14.8 Å². The standard InChI is InChI=1S/C24H33N3O2.ClH/c1-5-27(6-2)23(29)22-16(3)20-13-18-15-26(4)11-10-24(18,14-21(20)25-22)17-8-7-9-19(28)12-17;/h7-9,12,18,25,28H,5-6,10-11,13-15H2,1-4H3;1H.